The Hall–Kier alpha value is -4.19. The molecule has 0 aliphatic carbocycles. The molecule has 6 nitrogen and oxygen atoms in total. The first-order valence-electron chi connectivity index (χ1n) is 23.6. The van der Waals surface area contributed by atoms with Crippen LogP contribution in [0.3, 0.4) is 0 Å². The quantitative estimate of drug-likeness (QED) is 0.0201. The Bertz CT molecular complexity index is 1320. The minimum Gasteiger partial charge on any atom is -0.462 e. The molecule has 0 saturated carbocycles. The van der Waals surface area contributed by atoms with Crippen LogP contribution in [0.5, 0.6) is 0 Å². The lowest BCUT2D eigenvalue weighted by molar-refractivity contribution is -0.166. The first-order chi connectivity index (χ1) is 29.5. The van der Waals surface area contributed by atoms with E-state index in [1.54, 1.807) is 0 Å². The number of ether oxygens (including phenoxy) is 3. The highest BCUT2D eigenvalue weighted by Gasteiger charge is 2.19. The molecular formula is C54H84O6. The van der Waals surface area contributed by atoms with Crippen LogP contribution >= 0.6 is 0 Å². The highest BCUT2D eigenvalue weighted by Crippen LogP contribution is 2.11. The van der Waals surface area contributed by atoms with E-state index in [4.69, 9.17) is 14.2 Å². The molecule has 336 valence electrons. The van der Waals surface area contributed by atoms with Crippen molar-refractivity contribution >= 4 is 17.9 Å². The normalized spacial score (nSPS) is 13.2. The molecule has 6 heteroatoms. The maximum Gasteiger partial charge on any atom is 0.306 e. The summed E-state index contributed by atoms with van der Waals surface area (Å²) in [6.07, 6.45) is 64.8. The van der Waals surface area contributed by atoms with E-state index in [9.17, 15) is 14.4 Å². The third-order valence-corrected chi connectivity index (χ3v) is 9.29. The fraction of sp³-hybridized carbons (Fsp3) is 0.574. The van der Waals surface area contributed by atoms with Gasteiger partial charge in [-0.15, -0.1) is 0 Å². The largest absolute Gasteiger partial charge is 0.462 e. The van der Waals surface area contributed by atoms with Crippen molar-refractivity contribution in [1.29, 1.82) is 0 Å². The van der Waals surface area contributed by atoms with E-state index in [0.717, 1.165) is 89.9 Å². The van der Waals surface area contributed by atoms with Gasteiger partial charge in [0, 0.05) is 19.3 Å². The second kappa shape index (κ2) is 47.5. The fourth-order valence-corrected chi connectivity index (χ4v) is 5.79. The predicted molar refractivity (Wildman–Crippen MR) is 256 cm³/mol. The van der Waals surface area contributed by atoms with Gasteiger partial charge in [0.25, 0.3) is 0 Å². The summed E-state index contributed by atoms with van der Waals surface area (Å²) in [5.74, 6) is -1.08. The van der Waals surface area contributed by atoms with E-state index in [-0.39, 0.29) is 44.0 Å². The monoisotopic (exact) mass is 829 g/mol. The minimum absolute atomic E-state index is 0.132. The summed E-state index contributed by atoms with van der Waals surface area (Å²) in [4.78, 5) is 37.8. The van der Waals surface area contributed by atoms with E-state index >= 15 is 0 Å². The second-order valence-corrected chi connectivity index (χ2v) is 15.0. The van der Waals surface area contributed by atoms with Crippen LogP contribution in [-0.4, -0.2) is 37.2 Å². The van der Waals surface area contributed by atoms with E-state index in [2.05, 4.69) is 99.8 Å². The molecule has 0 bridgehead atoms. The SMILES string of the molecule is CC\C=C/C=C\C=C/C=C\CCCCCC(=O)OC(COC(=O)CC/C=C\C/C=C\CCCCCCCC)COC(=O)CCCCC/C=C\C/C=C\C/C=C\C/C=C\CC. The highest BCUT2D eigenvalue weighted by atomic mass is 16.6. The smallest absolute Gasteiger partial charge is 0.306 e. The topological polar surface area (TPSA) is 78.9 Å². The zero-order valence-electron chi connectivity index (χ0n) is 38.2. The van der Waals surface area contributed by atoms with Gasteiger partial charge < -0.3 is 14.2 Å². The molecule has 0 aliphatic heterocycles. The average Bonchev–Trinajstić information content (AvgIpc) is 3.24. The van der Waals surface area contributed by atoms with Crippen LogP contribution in [0.2, 0.25) is 0 Å². The summed E-state index contributed by atoms with van der Waals surface area (Å²) in [6, 6.07) is 0. The molecule has 0 amide bonds. The molecule has 0 aromatic carbocycles. The summed E-state index contributed by atoms with van der Waals surface area (Å²) in [7, 11) is 0. The van der Waals surface area contributed by atoms with E-state index in [1.807, 2.05) is 42.5 Å². The van der Waals surface area contributed by atoms with Crippen LogP contribution in [0.1, 0.15) is 181 Å². The molecule has 1 atom stereocenters. The van der Waals surface area contributed by atoms with Crippen LogP contribution in [0.25, 0.3) is 0 Å². The molecule has 0 aromatic rings. The Kier molecular flexibility index (Phi) is 44.2. The van der Waals surface area contributed by atoms with Gasteiger partial charge in [-0.05, 0) is 96.3 Å². The third-order valence-electron chi connectivity index (χ3n) is 9.29. The molecule has 60 heavy (non-hydrogen) atoms. The van der Waals surface area contributed by atoms with Gasteiger partial charge in [0.1, 0.15) is 13.2 Å². The van der Waals surface area contributed by atoms with Gasteiger partial charge >= 0.3 is 17.9 Å². The maximum atomic E-state index is 12.7. The molecular weight excluding hydrogens is 745 g/mol. The van der Waals surface area contributed by atoms with Crippen LogP contribution in [-0.2, 0) is 28.6 Å². The van der Waals surface area contributed by atoms with Crippen molar-refractivity contribution in [3.05, 3.63) is 122 Å². The third kappa shape index (κ3) is 44.9. The summed E-state index contributed by atoms with van der Waals surface area (Å²) >= 11 is 0. The van der Waals surface area contributed by atoms with Crippen molar-refractivity contribution in [2.24, 2.45) is 0 Å². The number of carbonyl (C=O) groups is 3. The standard InChI is InChI=1S/C54H84O6/c1-4-7-10-13-16-19-22-25-26-27-30-32-35-38-41-44-47-53(56)59-50-51(60-54(57)48-45-42-39-36-33-29-24-21-18-15-12-9-6-3)49-58-52(55)46-43-40-37-34-31-28-23-20-17-14-11-8-5-2/h7,9-10,12,15-16,18-19,21,24-26,28-33,37,40,51H,4-6,8,11,13-14,17,20,22-23,27,34-36,38-39,41-50H2,1-3H3/b10-7-,12-9-,18-15-,19-16-,24-21-,26-25-,31-28-,32-30-,33-29-,40-37-. The van der Waals surface area contributed by atoms with Gasteiger partial charge in [-0.25, -0.2) is 0 Å². The molecule has 0 fully saturated rings. The number of carbonyl (C=O) groups excluding carboxylic acids is 3. The van der Waals surface area contributed by atoms with Crippen LogP contribution in [0.15, 0.2) is 122 Å². The van der Waals surface area contributed by atoms with Gasteiger partial charge in [-0.1, -0.05) is 187 Å². The van der Waals surface area contributed by atoms with Crippen molar-refractivity contribution in [2.45, 2.75) is 187 Å². The Morgan fingerprint density at radius 3 is 1.32 bits per heavy atom. The van der Waals surface area contributed by atoms with Gasteiger partial charge in [-0.2, -0.15) is 0 Å². The minimum atomic E-state index is -0.836. The molecule has 0 spiro atoms. The number of hydrogen-bond acceptors (Lipinski definition) is 6. The Morgan fingerprint density at radius 1 is 0.367 bits per heavy atom. The van der Waals surface area contributed by atoms with Crippen molar-refractivity contribution in [3.63, 3.8) is 0 Å². The molecule has 0 heterocycles. The zero-order chi connectivity index (χ0) is 43.7. The number of allylic oxidation sites excluding steroid dienone is 20. The van der Waals surface area contributed by atoms with Crippen molar-refractivity contribution < 1.29 is 28.6 Å². The molecule has 0 rings (SSSR count). The first-order valence-corrected chi connectivity index (χ1v) is 23.6. The molecule has 0 aliphatic rings. The lowest BCUT2D eigenvalue weighted by Gasteiger charge is -2.18. The zero-order valence-corrected chi connectivity index (χ0v) is 38.2. The number of esters is 3. The average molecular weight is 829 g/mol. The second-order valence-electron chi connectivity index (χ2n) is 15.0. The molecule has 0 aromatic heterocycles. The van der Waals surface area contributed by atoms with E-state index in [0.29, 0.717) is 19.3 Å². The molecule has 0 N–H and O–H groups in total. The predicted octanol–water partition coefficient (Wildman–Crippen LogP) is 15.4. The van der Waals surface area contributed by atoms with E-state index < -0.39 is 6.10 Å². The van der Waals surface area contributed by atoms with Gasteiger partial charge in [0.2, 0.25) is 0 Å². The van der Waals surface area contributed by atoms with Crippen LogP contribution in [0.4, 0.5) is 0 Å². The van der Waals surface area contributed by atoms with Crippen LogP contribution < -0.4 is 0 Å². The number of unbranched alkanes of at least 4 members (excludes halogenated alkanes) is 12. The summed E-state index contributed by atoms with van der Waals surface area (Å²) in [5.41, 5.74) is 0. The Balaban J connectivity index is 4.60. The molecule has 0 saturated heterocycles. The lowest BCUT2D eigenvalue weighted by atomic mass is 10.1. The van der Waals surface area contributed by atoms with Crippen molar-refractivity contribution in [3.8, 4) is 0 Å². The lowest BCUT2D eigenvalue weighted by Crippen LogP contribution is -2.30. The summed E-state index contributed by atoms with van der Waals surface area (Å²) in [6.45, 7) is 6.22. The Morgan fingerprint density at radius 2 is 0.767 bits per heavy atom. The highest BCUT2D eigenvalue weighted by molar-refractivity contribution is 5.71. The van der Waals surface area contributed by atoms with E-state index in [1.165, 1.54) is 38.5 Å². The number of rotatable bonds is 40. The number of hydrogen-bond donors (Lipinski definition) is 0. The summed E-state index contributed by atoms with van der Waals surface area (Å²) < 4.78 is 16.6. The van der Waals surface area contributed by atoms with Gasteiger partial charge in [-0.3, -0.25) is 14.4 Å². The molecule has 0 radical (unpaired) electrons. The molecule has 1 unspecified atom stereocenters. The van der Waals surface area contributed by atoms with Gasteiger partial charge in [0.15, 0.2) is 6.10 Å². The van der Waals surface area contributed by atoms with Crippen LogP contribution in [0, 0.1) is 0 Å². The summed E-state index contributed by atoms with van der Waals surface area (Å²) in [5, 5.41) is 0. The fourth-order valence-electron chi connectivity index (χ4n) is 5.79. The first kappa shape index (κ1) is 55.8. The van der Waals surface area contributed by atoms with Crippen molar-refractivity contribution in [1.82, 2.24) is 0 Å². The van der Waals surface area contributed by atoms with Gasteiger partial charge in [0.05, 0.1) is 0 Å². The Labute approximate surface area is 367 Å². The maximum absolute atomic E-state index is 12.7. The van der Waals surface area contributed by atoms with Crippen molar-refractivity contribution in [2.75, 3.05) is 13.2 Å².